The van der Waals surface area contributed by atoms with E-state index in [1.54, 1.807) is 0 Å². The van der Waals surface area contributed by atoms with Crippen LogP contribution in [0.1, 0.15) is 44.9 Å². The summed E-state index contributed by atoms with van der Waals surface area (Å²) in [6, 6.07) is 0.220. The summed E-state index contributed by atoms with van der Waals surface area (Å²) >= 11 is 2.01. The van der Waals surface area contributed by atoms with Gasteiger partial charge in [0.25, 0.3) is 0 Å². The molecule has 1 aliphatic carbocycles. The summed E-state index contributed by atoms with van der Waals surface area (Å²) in [5.41, 5.74) is 5.82. The first-order chi connectivity index (χ1) is 8.79. The molecule has 0 spiro atoms. The fourth-order valence-corrected chi connectivity index (χ4v) is 4.41. The highest BCUT2D eigenvalue weighted by molar-refractivity contribution is 7.99. The highest BCUT2D eigenvalue weighted by atomic mass is 32.2. The number of nitrogens with one attached hydrogen (secondary N) is 1. The van der Waals surface area contributed by atoms with Crippen LogP contribution < -0.4 is 11.1 Å². The van der Waals surface area contributed by atoms with Gasteiger partial charge in [0.1, 0.15) is 0 Å². The number of carbonyl (C=O) groups is 1. The predicted octanol–water partition coefficient (Wildman–Crippen LogP) is 2.15. The second kappa shape index (κ2) is 7.39. The van der Waals surface area contributed by atoms with Gasteiger partial charge < -0.3 is 11.1 Å². The molecule has 1 aliphatic heterocycles. The lowest BCUT2D eigenvalue weighted by Gasteiger charge is -2.25. The van der Waals surface area contributed by atoms with Crippen LogP contribution >= 0.6 is 11.8 Å². The van der Waals surface area contributed by atoms with E-state index < -0.39 is 0 Å². The molecule has 2 fully saturated rings. The molecule has 1 atom stereocenters. The van der Waals surface area contributed by atoms with Crippen LogP contribution in [0.4, 0.5) is 0 Å². The van der Waals surface area contributed by atoms with Crippen LogP contribution in [0.25, 0.3) is 0 Å². The molecule has 2 aliphatic rings. The first kappa shape index (κ1) is 14.2. The number of amides is 1. The topological polar surface area (TPSA) is 55.1 Å². The first-order valence-electron chi connectivity index (χ1n) is 7.36. The molecule has 0 aromatic rings. The molecule has 18 heavy (non-hydrogen) atoms. The third-order valence-corrected chi connectivity index (χ3v) is 5.43. The molecular formula is C14H26N2OS. The Labute approximate surface area is 115 Å². The van der Waals surface area contributed by atoms with Gasteiger partial charge in [-0.15, -0.1) is 0 Å². The Morgan fingerprint density at radius 1 is 1.22 bits per heavy atom. The average molecular weight is 270 g/mol. The zero-order chi connectivity index (χ0) is 12.8. The number of hydrogen-bond acceptors (Lipinski definition) is 3. The Morgan fingerprint density at radius 3 is 2.50 bits per heavy atom. The van der Waals surface area contributed by atoms with Gasteiger partial charge in [-0.3, -0.25) is 4.79 Å². The van der Waals surface area contributed by atoms with E-state index in [1.807, 2.05) is 11.8 Å². The van der Waals surface area contributed by atoms with E-state index in [2.05, 4.69) is 5.32 Å². The second-order valence-electron chi connectivity index (χ2n) is 5.71. The van der Waals surface area contributed by atoms with E-state index in [9.17, 15) is 4.79 Å². The molecule has 1 amide bonds. The molecule has 0 aromatic heterocycles. The van der Waals surface area contributed by atoms with Gasteiger partial charge in [0.05, 0.1) is 0 Å². The van der Waals surface area contributed by atoms with Crippen LogP contribution in [0.15, 0.2) is 0 Å². The van der Waals surface area contributed by atoms with Gasteiger partial charge in [-0.25, -0.2) is 0 Å². The summed E-state index contributed by atoms with van der Waals surface area (Å²) in [5, 5.41) is 3.19. The molecule has 3 N–H and O–H groups in total. The van der Waals surface area contributed by atoms with Crippen LogP contribution in [0, 0.1) is 11.8 Å². The SMILES string of the molecule is NCC(NC(=O)CC1CCSCC1)C1CCCC1. The molecule has 1 saturated carbocycles. The number of rotatable bonds is 5. The lowest BCUT2D eigenvalue weighted by atomic mass is 9.95. The fourth-order valence-electron chi connectivity index (χ4n) is 3.21. The molecular weight excluding hydrogens is 244 g/mol. The summed E-state index contributed by atoms with van der Waals surface area (Å²) in [6.07, 6.45) is 8.20. The molecule has 0 radical (unpaired) electrons. The smallest absolute Gasteiger partial charge is 0.220 e. The van der Waals surface area contributed by atoms with Crippen molar-refractivity contribution < 1.29 is 4.79 Å². The predicted molar refractivity (Wildman–Crippen MR) is 77.6 cm³/mol. The minimum absolute atomic E-state index is 0.220. The molecule has 1 heterocycles. The summed E-state index contributed by atoms with van der Waals surface area (Å²) in [4.78, 5) is 12.1. The van der Waals surface area contributed by atoms with E-state index >= 15 is 0 Å². The number of carbonyl (C=O) groups excluding carboxylic acids is 1. The second-order valence-corrected chi connectivity index (χ2v) is 6.94. The number of hydrogen-bond donors (Lipinski definition) is 2. The van der Waals surface area contributed by atoms with Gasteiger partial charge in [0, 0.05) is 19.0 Å². The van der Waals surface area contributed by atoms with Crippen molar-refractivity contribution in [3.63, 3.8) is 0 Å². The van der Waals surface area contributed by atoms with Crippen molar-refractivity contribution in [1.82, 2.24) is 5.32 Å². The standard InChI is InChI=1S/C14H26N2OS/c15-10-13(12-3-1-2-4-12)16-14(17)9-11-5-7-18-8-6-11/h11-13H,1-10,15H2,(H,16,17). The van der Waals surface area contributed by atoms with Crippen molar-refractivity contribution in [2.75, 3.05) is 18.1 Å². The molecule has 4 heteroatoms. The van der Waals surface area contributed by atoms with E-state index in [0.29, 0.717) is 24.8 Å². The van der Waals surface area contributed by atoms with E-state index in [-0.39, 0.29) is 11.9 Å². The molecule has 3 nitrogen and oxygen atoms in total. The Hall–Kier alpha value is -0.220. The highest BCUT2D eigenvalue weighted by Crippen LogP contribution is 2.28. The monoisotopic (exact) mass is 270 g/mol. The maximum Gasteiger partial charge on any atom is 0.220 e. The fraction of sp³-hybridized carbons (Fsp3) is 0.929. The van der Waals surface area contributed by atoms with Gasteiger partial charge in [0.2, 0.25) is 5.91 Å². The number of thioether (sulfide) groups is 1. The summed E-state index contributed by atoms with van der Waals surface area (Å²) < 4.78 is 0. The lowest BCUT2D eigenvalue weighted by molar-refractivity contribution is -0.123. The molecule has 1 saturated heterocycles. The minimum Gasteiger partial charge on any atom is -0.352 e. The Bertz CT molecular complexity index is 261. The van der Waals surface area contributed by atoms with Gasteiger partial charge >= 0.3 is 0 Å². The zero-order valence-electron chi connectivity index (χ0n) is 11.2. The molecule has 104 valence electrons. The zero-order valence-corrected chi connectivity index (χ0v) is 12.0. The van der Waals surface area contributed by atoms with E-state index in [0.717, 1.165) is 0 Å². The van der Waals surface area contributed by atoms with E-state index in [4.69, 9.17) is 5.73 Å². The van der Waals surface area contributed by atoms with Crippen LogP contribution in [0.3, 0.4) is 0 Å². The van der Waals surface area contributed by atoms with Crippen LogP contribution in [0.5, 0.6) is 0 Å². The maximum absolute atomic E-state index is 12.1. The normalized spacial score (nSPS) is 24.1. The number of nitrogens with two attached hydrogens (primary N) is 1. The Kier molecular flexibility index (Phi) is 5.83. The third kappa shape index (κ3) is 4.16. The van der Waals surface area contributed by atoms with Crippen LogP contribution in [-0.4, -0.2) is 30.0 Å². The first-order valence-corrected chi connectivity index (χ1v) is 8.52. The lowest BCUT2D eigenvalue weighted by Crippen LogP contribution is -2.45. The average Bonchev–Trinajstić information content (AvgIpc) is 2.91. The van der Waals surface area contributed by atoms with Crippen molar-refractivity contribution in [1.29, 1.82) is 0 Å². The molecule has 1 unspecified atom stereocenters. The maximum atomic E-state index is 12.1. The quantitative estimate of drug-likeness (QED) is 0.805. The minimum atomic E-state index is 0.220. The largest absolute Gasteiger partial charge is 0.352 e. The van der Waals surface area contributed by atoms with E-state index in [1.165, 1.54) is 50.0 Å². The molecule has 2 rings (SSSR count). The van der Waals surface area contributed by atoms with Crippen molar-refractivity contribution in [3.8, 4) is 0 Å². The Morgan fingerprint density at radius 2 is 1.89 bits per heavy atom. The highest BCUT2D eigenvalue weighted by Gasteiger charge is 2.26. The summed E-state index contributed by atoms with van der Waals surface area (Å²) in [6.45, 7) is 0.594. The summed E-state index contributed by atoms with van der Waals surface area (Å²) in [7, 11) is 0. The van der Waals surface area contributed by atoms with Crippen molar-refractivity contribution in [3.05, 3.63) is 0 Å². The van der Waals surface area contributed by atoms with Gasteiger partial charge in [-0.05, 0) is 49.0 Å². The Balaban J connectivity index is 1.73. The van der Waals surface area contributed by atoms with Gasteiger partial charge in [0.15, 0.2) is 0 Å². The van der Waals surface area contributed by atoms with Crippen molar-refractivity contribution in [2.45, 2.75) is 51.0 Å². The molecule has 0 bridgehead atoms. The van der Waals surface area contributed by atoms with Crippen LogP contribution in [-0.2, 0) is 4.79 Å². The van der Waals surface area contributed by atoms with Gasteiger partial charge in [-0.2, -0.15) is 11.8 Å². The third-order valence-electron chi connectivity index (χ3n) is 4.38. The summed E-state index contributed by atoms with van der Waals surface area (Å²) in [5.74, 6) is 3.91. The molecule has 0 aromatic carbocycles. The van der Waals surface area contributed by atoms with Crippen molar-refractivity contribution in [2.24, 2.45) is 17.6 Å². The van der Waals surface area contributed by atoms with Crippen LogP contribution in [0.2, 0.25) is 0 Å². The van der Waals surface area contributed by atoms with Gasteiger partial charge in [-0.1, -0.05) is 12.8 Å². The van der Waals surface area contributed by atoms with Crippen molar-refractivity contribution >= 4 is 17.7 Å².